The Morgan fingerprint density at radius 1 is 1.28 bits per heavy atom. The number of nitrogens with zero attached hydrogens (tertiary/aromatic N) is 2. The Morgan fingerprint density at radius 2 is 2.20 bits per heavy atom. The number of nitrogens with one attached hydrogen (secondary N) is 2. The predicted molar refractivity (Wildman–Crippen MR) is 99.5 cm³/mol. The van der Waals surface area contributed by atoms with Crippen LogP contribution in [0.5, 0.6) is 0 Å². The Morgan fingerprint density at radius 3 is 2.96 bits per heavy atom. The lowest BCUT2D eigenvalue weighted by Crippen LogP contribution is -2.08. The molecular formula is C18H15N5OS. The van der Waals surface area contributed by atoms with Crippen LogP contribution in [0.2, 0.25) is 0 Å². The monoisotopic (exact) mass is 349 g/mol. The summed E-state index contributed by atoms with van der Waals surface area (Å²) in [5.74, 6) is 0.326. The molecule has 0 aromatic carbocycles. The summed E-state index contributed by atoms with van der Waals surface area (Å²) >= 11 is 1.34. The smallest absolute Gasteiger partial charge is 0.258 e. The molecule has 0 saturated carbocycles. The lowest BCUT2D eigenvalue weighted by Gasteiger charge is -2.08. The first kappa shape index (κ1) is 15.3. The van der Waals surface area contributed by atoms with Crippen molar-refractivity contribution in [2.24, 2.45) is 5.73 Å². The molecule has 25 heavy (non-hydrogen) atoms. The van der Waals surface area contributed by atoms with Crippen molar-refractivity contribution >= 4 is 34.1 Å². The van der Waals surface area contributed by atoms with Crippen molar-refractivity contribution in [2.45, 2.75) is 6.54 Å². The first-order chi connectivity index (χ1) is 12.2. The molecule has 0 aliphatic rings. The number of nitrogens with two attached hydrogens (primary N) is 1. The van der Waals surface area contributed by atoms with Gasteiger partial charge in [-0.3, -0.25) is 9.78 Å². The highest BCUT2D eigenvalue weighted by Gasteiger charge is 2.12. The third kappa shape index (κ3) is 3.09. The van der Waals surface area contributed by atoms with Gasteiger partial charge in [-0.15, -0.1) is 11.3 Å². The van der Waals surface area contributed by atoms with Gasteiger partial charge in [0.15, 0.2) is 0 Å². The van der Waals surface area contributed by atoms with Crippen molar-refractivity contribution in [3.63, 3.8) is 0 Å². The van der Waals surface area contributed by atoms with Gasteiger partial charge in [0.2, 0.25) is 0 Å². The molecule has 7 heteroatoms. The molecule has 0 bridgehead atoms. The molecule has 0 spiro atoms. The third-order valence-corrected chi connectivity index (χ3v) is 4.80. The van der Waals surface area contributed by atoms with Crippen molar-refractivity contribution in [3.8, 4) is 11.1 Å². The quantitative estimate of drug-likeness (QED) is 0.514. The number of amides is 1. The van der Waals surface area contributed by atoms with Crippen LogP contribution in [0, 0.1) is 0 Å². The number of carbonyl (C=O) groups excluding carboxylic acids is 1. The maximum atomic E-state index is 11.4. The first-order valence-corrected chi connectivity index (χ1v) is 8.59. The Hall–Kier alpha value is -3.19. The summed E-state index contributed by atoms with van der Waals surface area (Å²) in [6, 6.07) is 11.6. The van der Waals surface area contributed by atoms with E-state index in [9.17, 15) is 4.79 Å². The number of rotatable bonds is 5. The third-order valence-electron chi connectivity index (χ3n) is 3.86. The normalized spacial score (nSPS) is 10.9. The number of H-pyrrole nitrogens is 1. The molecule has 0 aliphatic carbocycles. The number of carbonyl (C=O) groups is 1. The number of anilines is 1. The van der Waals surface area contributed by atoms with Gasteiger partial charge in [0.25, 0.3) is 5.91 Å². The van der Waals surface area contributed by atoms with Gasteiger partial charge in [-0.1, -0.05) is 6.07 Å². The van der Waals surface area contributed by atoms with E-state index in [0.29, 0.717) is 11.4 Å². The number of aromatic amines is 1. The van der Waals surface area contributed by atoms with E-state index in [4.69, 9.17) is 5.73 Å². The zero-order valence-electron chi connectivity index (χ0n) is 13.2. The van der Waals surface area contributed by atoms with E-state index in [1.807, 2.05) is 48.0 Å². The fraction of sp³-hybridized carbons (Fsp3) is 0.0556. The Labute approximate surface area is 147 Å². The van der Waals surface area contributed by atoms with Crippen molar-refractivity contribution in [1.29, 1.82) is 0 Å². The molecule has 124 valence electrons. The summed E-state index contributed by atoms with van der Waals surface area (Å²) in [6.45, 7) is 0.579. The molecule has 6 nitrogen and oxygen atoms in total. The number of fused-ring (bicyclic) bond motifs is 1. The number of primary amides is 1. The molecule has 0 radical (unpaired) electrons. The molecule has 0 atom stereocenters. The molecule has 1 amide bonds. The van der Waals surface area contributed by atoms with Crippen LogP contribution in [0.3, 0.4) is 0 Å². The van der Waals surface area contributed by atoms with E-state index in [1.54, 1.807) is 6.20 Å². The van der Waals surface area contributed by atoms with E-state index in [1.165, 1.54) is 11.3 Å². The zero-order valence-corrected chi connectivity index (χ0v) is 14.0. The standard InChI is InChI=1S/C18H15N5OS/c19-17(24)15-7-11(10-25-15)14-8-16(23-18-13(14)4-6-21-18)22-9-12-3-1-2-5-20-12/h1-8,10H,9H2,(H2,19,24)(H2,21,22,23). The van der Waals surface area contributed by atoms with Crippen LogP contribution in [0.15, 0.2) is 54.2 Å². The lowest BCUT2D eigenvalue weighted by atomic mass is 10.1. The van der Waals surface area contributed by atoms with Gasteiger partial charge in [-0.2, -0.15) is 0 Å². The summed E-state index contributed by atoms with van der Waals surface area (Å²) in [4.78, 5) is 24.0. The molecule has 4 heterocycles. The number of pyridine rings is 2. The highest BCUT2D eigenvalue weighted by atomic mass is 32.1. The summed E-state index contributed by atoms with van der Waals surface area (Å²) in [5, 5.41) is 6.23. The molecular weight excluding hydrogens is 334 g/mol. The second-order valence-corrected chi connectivity index (χ2v) is 6.44. The van der Waals surface area contributed by atoms with Crippen LogP contribution in [0.4, 0.5) is 5.82 Å². The van der Waals surface area contributed by atoms with Crippen molar-refractivity contribution < 1.29 is 4.79 Å². The largest absolute Gasteiger partial charge is 0.365 e. The molecule has 0 unspecified atom stereocenters. The Kier molecular flexibility index (Phi) is 3.91. The SMILES string of the molecule is NC(=O)c1cc(-c2cc(NCc3ccccn3)nc3[nH]ccc23)cs1. The summed E-state index contributed by atoms with van der Waals surface area (Å²) in [7, 11) is 0. The van der Waals surface area contributed by atoms with Crippen LogP contribution in [0.25, 0.3) is 22.2 Å². The molecule has 0 aliphatic heterocycles. The minimum Gasteiger partial charge on any atom is -0.365 e. The van der Waals surface area contributed by atoms with Gasteiger partial charge in [0.05, 0.1) is 17.1 Å². The maximum absolute atomic E-state index is 11.4. The van der Waals surface area contributed by atoms with Crippen LogP contribution in [-0.4, -0.2) is 20.9 Å². The van der Waals surface area contributed by atoms with Crippen molar-refractivity contribution in [3.05, 3.63) is 64.7 Å². The van der Waals surface area contributed by atoms with Gasteiger partial charge >= 0.3 is 0 Å². The topological polar surface area (TPSA) is 96.7 Å². The number of thiophene rings is 1. The Bertz CT molecular complexity index is 1040. The highest BCUT2D eigenvalue weighted by Crippen LogP contribution is 2.32. The van der Waals surface area contributed by atoms with Crippen molar-refractivity contribution in [2.75, 3.05) is 5.32 Å². The highest BCUT2D eigenvalue weighted by molar-refractivity contribution is 7.12. The average Bonchev–Trinajstić information content (AvgIpc) is 3.29. The van der Waals surface area contributed by atoms with Crippen LogP contribution in [0.1, 0.15) is 15.4 Å². The molecule has 4 rings (SSSR count). The number of hydrogen-bond donors (Lipinski definition) is 3. The summed E-state index contributed by atoms with van der Waals surface area (Å²) < 4.78 is 0. The Balaban J connectivity index is 1.70. The molecule has 0 fully saturated rings. The second kappa shape index (κ2) is 6.37. The summed E-state index contributed by atoms with van der Waals surface area (Å²) in [5.41, 5.74) is 9.04. The summed E-state index contributed by atoms with van der Waals surface area (Å²) in [6.07, 6.45) is 3.62. The molecule has 4 aromatic rings. The average molecular weight is 349 g/mol. The molecule has 4 N–H and O–H groups in total. The lowest BCUT2D eigenvalue weighted by molar-refractivity contribution is 0.100. The zero-order chi connectivity index (χ0) is 17.2. The van der Waals surface area contributed by atoms with Gasteiger partial charge < -0.3 is 16.0 Å². The molecule has 0 saturated heterocycles. The van der Waals surface area contributed by atoms with E-state index < -0.39 is 5.91 Å². The van der Waals surface area contributed by atoms with Gasteiger partial charge in [0.1, 0.15) is 11.5 Å². The minimum absolute atomic E-state index is 0.413. The second-order valence-electron chi connectivity index (χ2n) is 5.53. The van der Waals surface area contributed by atoms with Crippen LogP contribution >= 0.6 is 11.3 Å². The molecule has 4 aromatic heterocycles. The fourth-order valence-electron chi connectivity index (χ4n) is 2.66. The maximum Gasteiger partial charge on any atom is 0.258 e. The van der Waals surface area contributed by atoms with E-state index in [0.717, 1.165) is 33.7 Å². The first-order valence-electron chi connectivity index (χ1n) is 7.71. The number of aromatic nitrogens is 3. The minimum atomic E-state index is -0.413. The van der Waals surface area contributed by atoms with E-state index >= 15 is 0 Å². The van der Waals surface area contributed by atoms with Crippen LogP contribution < -0.4 is 11.1 Å². The fourth-order valence-corrected chi connectivity index (χ4v) is 3.42. The van der Waals surface area contributed by atoms with E-state index in [-0.39, 0.29) is 0 Å². The van der Waals surface area contributed by atoms with Gasteiger partial charge in [0, 0.05) is 17.8 Å². The van der Waals surface area contributed by atoms with Crippen LogP contribution in [-0.2, 0) is 6.54 Å². The predicted octanol–water partition coefficient (Wildman–Crippen LogP) is 3.40. The van der Waals surface area contributed by atoms with E-state index in [2.05, 4.69) is 20.3 Å². The van der Waals surface area contributed by atoms with Crippen molar-refractivity contribution in [1.82, 2.24) is 15.0 Å². The van der Waals surface area contributed by atoms with Gasteiger partial charge in [-0.25, -0.2) is 4.98 Å². The number of hydrogen-bond acceptors (Lipinski definition) is 5. The van der Waals surface area contributed by atoms with Gasteiger partial charge in [-0.05, 0) is 46.8 Å².